The van der Waals surface area contributed by atoms with Gasteiger partial charge in [0.15, 0.2) is 0 Å². The zero-order valence-corrected chi connectivity index (χ0v) is 11.3. The monoisotopic (exact) mass is 283 g/mol. The Balaban J connectivity index is 2.18. The van der Waals surface area contributed by atoms with E-state index in [1.807, 2.05) is 13.2 Å². The van der Waals surface area contributed by atoms with Gasteiger partial charge in [0.2, 0.25) is 0 Å². The van der Waals surface area contributed by atoms with Gasteiger partial charge in [-0.2, -0.15) is 0 Å². The quantitative estimate of drug-likeness (QED) is 0.841. The molecule has 0 atom stereocenters. The van der Waals surface area contributed by atoms with Crippen LogP contribution in [0.2, 0.25) is 0 Å². The number of nitrogens with one attached hydrogen (secondary N) is 1. The third-order valence-electron chi connectivity index (χ3n) is 3.22. The van der Waals surface area contributed by atoms with Crippen molar-refractivity contribution in [2.75, 3.05) is 12.4 Å². The van der Waals surface area contributed by atoms with Gasteiger partial charge in [-0.15, -0.1) is 0 Å². The van der Waals surface area contributed by atoms with Crippen molar-refractivity contribution in [1.29, 1.82) is 0 Å². The van der Waals surface area contributed by atoms with Crippen LogP contribution in [0.3, 0.4) is 0 Å². The fraction of sp³-hybridized carbons (Fsp3) is 0.667. The minimum atomic E-state index is 0.558. The van der Waals surface area contributed by atoms with Gasteiger partial charge in [0, 0.05) is 19.2 Å². The first-order chi connectivity index (χ1) is 7.81. The Labute approximate surface area is 105 Å². The second-order valence-corrected chi connectivity index (χ2v) is 5.22. The molecule has 88 valence electrons. The van der Waals surface area contributed by atoms with Crippen molar-refractivity contribution >= 4 is 21.7 Å². The Kier molecular flexibility index (Phi) is 4.16. The molecule has 1 fully saturated rings. The minimum absolute atomic E-state index is 0.558. The van der Waals surface area contributed by atoms with Crippen LogP contribution in [0.4, 0.5) is 5.82 Å². The van der Waals surface area contributed by atoms with Gasteiger partial charge >= 0.3 is 0 Å². The van der Waals surface area contributed by atoms with E-state index in [4.69, 9.17) is 0 Å². The molecule has 1 aromatic rings. The van der Waals surface area contributed by atoms with E-state index in [1.54, 1.807) is 0 Å². The van der Waals surface area contributed by atoms with Gasteiger partial charge in [0.25, 0.3) is 0 Å². The van der Waals surface area contributed by atoms with Crippen LogP contribution in [-0.2, 0) is 0 Å². The van der Waals surface area contributed by atoms with Crippen molar-refractivity contribution < 1.29 is 0 Å². The zero-order chi connectivity index (χ0) is 11.4. The van der Waals surface area contributed by atoms with E-state index in [1.165, 1.54) is 38.5 Å². The van der Waals surface area contributed by atoms with Crippen LogP contribution < -0.4 is 5.32 Å². The Morgan fingerprint density at radius 3 is 2.56 bits per heavy atom. The van der Waals surface area contributed by atoms with E-state index in [2.05, 4.69) is 31.2 Å². The van der Waals surface area contributed by atoms with Crippen LogP contribution in [0.1, 0.15) is 50.3 Å². The molecule has 0 bridgehead atoms. The SMILES string of the molecule is CNc1nc(C2CCCCCC2)ncc1Br. The van der Waals surface area contributed by atoms with E-state index in [-0.39, 0.29) is 0 Å². The summed E-state index contributed by atoms with van der Waals surface area (Å²) in [7, 11) is 1.89. The number of hydrogen-bond acceptors (Lipinski definition) is 3. The normalized spacial score (nSPS) is 18.1. The second-order valence-electron chi connectivity index (χ2n) is 4.36. The summed E-state index contributed by atoms with van der Waals surface area (Å²) in [6, 6.07) is 0. The summed E-state index contributed by atoms with van der Waals surface area (Å²) in [6.45, 7) is 0. The van der Waals surface area contributed by atoms with Gasteiger partial charge in [0.1, 0.15) is 11.6 Å². The number of anilines is 1. The molecule has 3 nitrogen and oxygen atoms in total. The highest BCUT2D eigenvalue weighted by Gasteiger charge is 2.17. The first-order valence-corrected chi connectivity index (χ1v) is 6.80. The summed E-state index contributed by atoms with van der Waals surface area (Å²) in [4.78, 5) is 9.04. The molecule has 0 aromatic carbocycles. The van der Waals surface area contributed by atoms with Gasteiger partial charge in [0.05, 0.1) is 4.47 Å². The number of aromatic nitrogens is 2. The van der Waals surface area contributed by atoms with Crippen LogP contribution >= 0.6 is 15.9 Å². The van der Waals surface area contributed by atoms with Crippen LogP contribution in [0.15, 0.2) is 10.7 Å². The maximum Gasteiger partial charge on any atom is 0.143 e. The lowest BCUT2D eigenvalue weighted by atomic mass is 9.99. The van der Waals surface area contributed by atoms with Gasteiger partial charge < -0.3 is 5.32 Å². The Hall–Kier alpha value is -0.640. The first-order valence-electron chi connectivity index (χ1n) is 6.01. The van der Waals surface area contributed by atoms with Gasteiger partial charge in [-0.05, 0) is 28.8 Å². The number of nitrogens with zero attached hydrogens (tertiary/aromatic N) is 2. The van der Waals surface area contributed by atoms with Crippen LogP contribution in [0.25, 0.3) is 0 Å². The van der Waals surface area contributed by atoms with Crippen molar-refractivity contribution in [3.05, 3.63) is 16.5 Å². The maximum atomic E-state index is 4.59. The Morgan fingerprint density at radius 1 is 1.25 bits per heavy atom. The molecule has 2 rings (SSSR count). The van der Waals surface area contributed by atoms with Crippen molar-refractivity contribution in [1.82, 2.24) is 9.97 Å². The molecule has 1 saturated carbocycles. The van der Waals surface area contributed by atoms with Crippen molar-refractivity contribution in [2.24, 2.45) is 0 Å². The molecule has 1 aliphatic carbocycles. The highest BCUT2D eigenvalue weighted by atomic mass is 79.9. The van der Waals surface area contributed by atoms with E-state index in [0.717, 1.165) is 16.1 Å². The molecule has 0 radical (unpaired) electrons. The molecule has 0 unspecified atom stereocenters. The highest BCUT2D eigenvalue weighted by Crippen LogP contribution is 2.31. The second kappa shape index (κ2) is 5.62. The van der Waals surface area contributed by atoms with Crippen molar-refractivity contribution in [2.45, 2.75) is 44.4 Å². The average molecular weight is 284 g/mol. The Morgan fingerprint density at radius 2 is 1.94 bits per heavy atom. The lowest BCUT2D eigenvalue weighted by Gasteiger charge is -2.13. The predicted molar refractivity (Wildman–Crippen MR) is 69.7 cm³/mol. The maximum absolute atomic E-state index is 4.59. The molecule has 1 aliphatic rings. The molecule has 0 spiro atoms. The molecule has 0 amide bonds. The summed E-state index contributed by atoms with van der Waals surface area (Å²) in [5.41, 5.74) is 0. The smallest absolute Gasteiger partial charge is 0.143 e. The zero-order valence-electron chi connectivity index (χ0n) is 9.67. The largest absolute Gasteiger partial charge is 0.372 e. The third kappa shape index (κ3) is 2.73. The third-order valence-corrected chi connectivity index (χ3v) is 3.80. The summed E-state index contributed by atoms with van der Waals surface area (Å²) in [6.07, 6.45) is 9.71. The number of halogens is 1. The fourth-order valence-corrected chi connectivity index (χ4v) is 2.68. The van der Waals surface area contributed by atoms with Gasteiger partial charge in [-0.25, -0.2) is 9.97 Å². The molecule has 1 N–H and O–H groups in total. The molecule has 16 heavy (non-hydrogen) atoms. The van der Waals surface area contributed by atoms with Crippen LogP contribution in [0, 0.1) is 0 Å². The number of rotatable bonds is 2. The molecule has 0 saturated heterocycles. The molecule has 1 aromatic heterocycles. The fourth-order valence-electron chi connectivity index (χ4n) is 2.29. The van der Waals surface area contributed by atoms with E-state index >= 15 is 0 Å². The van der Waals surface area contributed by atoms with E-state index < -0.39 is 0 Å². The van der Waals surface area contributed by atoms with Crippen LogP contribution in [0.5, 0.6) is 0 Å². The summed E-state index contributed by atoms with van der Waals surface area (Å²) in [5.74, 6) is 2.46. The van der Waals surface area contributed by atoms with Gasteiger partial charge in [-0.1, -0.05) is 25.7 Å². The summed E-state index contributed by atoms with van der Waals surface area (Å²) in [5, 5.41) is 3.09. The number of hydrogen-bond donors (Lipinski definition) is 1. The molecule has 1 heterocycles. The molecule has 0 aliphatic heterocycles. The van der Waals surface area contributed by atoms with Crippen molar-refractivity contribution in [3.63, 3.8) is 0 Å². The molecular weight excluding hydrogens is 266 g/mol. The van der Waals surface area contributed by atoms with E-state index in [0.29, 0.717) is 5.92 Å². The highest BCUT2D eigenvalue weighted by molar-refractivity contribution is 9.10. The lowest BCUT2D eigenvalue weighted by molar-refractivity contribution is 0.560. The standard InChI is InChI=1S/C12H18BrN3/c1-14-12-10(13)8-15-11(16-12)9-6-4-2-3-5-7-9/h8-9H,2-7H2,1H3,(H,14,15,16). The predicted octanol–water partition coefficient (Wildman–Crippen LogP) is 3.72. The molecule has 4 heteroatoms. The summed E-state index contributed by atoms with van der Waals surface area (Å²) < 4.78 is 0.937. The average Bonchev–Trinajstić information content (AvgIpc) is 2.58. The Bertz CT molecular complexity index is 346. The topological polar surface area (TPSA) is 37.8 Å². The van der Waals surface area contributed by atoms with Crippen molar-refractivity contribution in [3.8, 4) is 0 Å². The van der Waals surface area contributed by atoms with Crippen LogP contribution in [-0.4, -0.2) is 17.0 Å². The van der Waals surface area contributed by atoms with E-state index in [9.17, 15) is 0 Å². The minimum Gasteiger partial charge on any atom is -0.372 e. The first kappa shape index (κ1) is 11.8. The molecular formula is C12H18BrN3. The lowest BCUT2D eigenvalue weighted by Crippen LogP contribution is -2.06. The van der Waals surface area contributed by atoms with Gasteiger partial charge in [-0.3, -0.25) is 0 Å². The summed E-state index contributed by atoms with van der Waals surface area (Å²) >= 11 is 3.44.